The summed E-state index contributed by atoms with van der Waals surface area (Å²) in [5, 5.41) is 13.0. The Morgan fingerprint density at radius 3 is 2.15 bits per heavy atom. The van der Waals surface area contributed by atoms with Gasteiger partial charge in [-0.1, -0.05) is 23.7 Å². The maximum absolute atomic E-state index is 12.8. The van der Waals surface area contributed by atoms with Crippen LogP contribution >= 0.6 is 11.6 Å². The summed E-state index contributed by atoms with van der Waals surface area (Å²) >= 11 is 5.92. The monoisotopic (exact) mass is 389 g/mol. The van der Waals surface area contributed by atoms with Gasteiger partial charge in [0, 0.05) is 11.6 Å². The van der Waals surface area contributed by atoms with Crippen LogP contribution in [0.4, 0.5) is 0 Å². The van der Waals surface area contributed by atoms with Crippen LogP contribution in [0.2, 0.25) is 5.02 Å². The van der Waals surface area contributed by atoms with Gasteiger partial charge in [0.1, 0.15) is 0 Å². The largest absolute Gasteiger partial charge is 0.481 e. The molecular weight excluding hydrogens is 362 g/mol. The number of aliphatic carboxylic acids is 1. The number of halogens is 1. The molecule has 0 unspecified atom stereocenters. The lowest BCUT2D eigenvalue weighted by molar-refractivity contribution is -0.141. The summed E-state index contributed by atoms with van der Waals surface area (Å²) < 4.78 is 0. The highest BCUT2D eigenvalue weighted by Gasteiger charge is 2.50. The van der Waals surface area contributed by atoms with Crippen LogP contribution in [0.5, 0.6) is 0 Å². The van der Waals surface area contributed by atoms with Crippen molar-refractivity contribution in [3.05, 3.63) is 34.9 Å². The van der Waals surface area contributed by atoms with Gasteiger partial charge in [-0.3, -0.25) is 9.59 Å². The first-order chi connectivity index (χ1) is 12.9. The molecule has 4 fully saturated rings. The Labute approximate surface area is 165 Å². The van der Waals surface area contributed by atoms with E-state index in [1.807, 2.05) is 12.1 Å². The van der Waals surface area contributed by atoms with Gasteiger partial charge in [-0.25, -0.2) is 0 Å². The molecule has 27 heavy (non-hydrogen) atoms. The van der Waals surface area contributed by atoms with E-state index in [-0.39, 0.29) is 17.7 Å². The van der Waals surface area contributed by atoms with Crippen molar-refractivity contribution in [1.29, 1.82) is 0 Å². The van der Waals surface area contributed by atoms with E-state index < -0.39 is 11.9 Å². The summed E-state index contributed by atoms with van der Waals surface area (Å²) in [6.45, 7) is 0.714. The van der Waals surface area contributed by atoms with Gasteiger partial charge in [-0.05, 0) is 85.8 Å². The van der Waals surface area contributed by atoms with Gasteiger partial charge in [0.2, 0.25) is 5.91 Å². The molecule has 1 aromatic rings. The second-order valence-electron chi connectivity index (χ2n) is 9.26. The van der Waals surface area contributed by atoms with Gasteiger partial charge >= 0.3 is 5.97 Å². The molecule has 1 amide bonds. The summed E-state index contributed by atoms with van der Waals surface area (Å²) in [5.41, 5.74) is 1.20. The van der Waals surface area contributed by atoms with Gasteiger partial charge in [0.25, 0.3) is 0 Å². The third kappa shape index (κ3) is 4.31. The molecule has 4 nitrogen and oxygen atoms in total. The third-order valence-electron chi connectivity index (χ3n) is 6.99. The van der Waals surface area contributed by atoms with Crippen LogP contribution in [-0.2, 0) is 16.0 Å². The summed E-state index contributed by atoms with van der Waals surface area (Å²) in [6.07, 6.45) is 8.13. The Morgan fingerprint density at radius 1 is 1.07 bits per heavy atom. The predicted molar refractivity (Wildman–Crippen MR) is 105 cm³/mol. The molecule has 5 heteroatoms. The van der Waals surface area contributed by atoms with Crippen molar-refractivity contribution in [2.75, 3.05) is 6.54 Å². The molecule has 0 radical (unpaired) electrons. The van der Waals surface area contributed by atoms with E-state index in [1.165, 1.54) is 38.5 Å². The minimum absolute atomic E-state index is 0.122. The van der Waals surface area contributed by atoms with Crippen LogP contribution in [0.25, 0.3) is 0 Å². The number of carbonyl (C=O) groups excluding carboxylic acids is 1. The van der Waals surface area contributed by atoms with Gasteiger partial charge < -0.3 is 10.4 Å². The highest BCUT2D eigenvalue weighted by atomic mass is 35.5. The number of hydrogen-bond acceptors (Lipinski definition) is 2. The normalized spacial score (nSPS) is 32.3. The molecule has 0 spiro atoms. The number of hydrogen-bond donors (Lipinski definition) is 2. The van der Waals surface area contributed by atoms with E-state index >= 15 is 0 Å². The average molecular weight is 390 g/mol. The Bertz CT molecular complexity index is 679. The maximum Gasteiger partial charge on any atom is 0.304 e. The van der Waals surface area contributed by atoms with E-state index in [2.05, 4.69) is 5.32 Å². The number of carbonyl (C=O) groups is 2. The number of nitrogens with one attached hydrogen (secondary N) is 1. The Balaban J connectivity index is 1.39. The quantitative estimate of drug-likeness (QED) is 0.730. The van der Waals surface area contributed by atoms with Gasteiger partial charge in [0.15, 0.2) is 0 Å². The fourth-order valence-electron chi connectivity index (χ4n) is 6.30. The van der Waals surface area contributed by atoms with Gasteiger partial charge in [0.05, 0.1) is 12.3 Å². The predicted octanol–water partition coefficient (Wildman–Crippen LogP) is 4.31. The molecule has 4 bridgehead atoms. The summed E-state index contributed by atoms with van der Waals surface area (Å²) in [4.78, 5) is 24.1. The molecule has 4 aliphatic rings. The van der Waals surface area contributed by atoms with E-state index in [1.54, 1.807) is 12.1 Å². The van der Waals surface area contributed by atoms with E-state index in [0.29, 0.717) is 18.0 Å². The van der Waals surface area contributed by atoms with E-state index in [0.717, 1.165) is 23.3 Å². The van der Waals surface area contributed by atoms with Crippen molar-refractivity contribution in [1.82, 2.24) is 5.32 Å². The first-order valence-electron chi connectivity index (χ1n) is 10.1. The molecule has 4 saturated carbocycles. The molecule has 4 aliphatic carbocycles. The first-order valence-corrected chi connectivity index (χ1v) is 10.5. The standard InChI is InChI=1S/C22H28ClNO3/c23-19-3-1-14(2-4-19)8-18(9-20(25)26)21(27)24-13-22-10-15-5-16(11-22)7-17(6-15)12-22/h1-4,15-18H,5-13H2,(H,24,27)(H,25,26)/t15?,16?,17?,18-,22?/m1/s1. The molecule has 0 saturated heterocycles. The fourth-order valence-corrected chi connectivity index (χ4v) is 6.42. The number of amides is 1. The number of carboxylic acid groups (broad SMARTS) is 1. The average Bonchev–Trinajstić information content (AvgIpc) is 2.59. The number of carboxylic acids is 1. The Kier molecular flexibility index (Phi) is 5.19. The molecule has 0 aliphatic heterocycles. The van der Waals surface area contributed by atoms with E-state index in [9.17, 15) is 14.7 Å². The van der Waals surface area contributed by atoms with Crippen LogP contribution in [0.3, 0.4) is 0 Å². The summed E-state index contributed by atoms with van der Waals surface area (Å²) in [6, 6.07) is 7.29. The van der Waals surface area contributed by atoms with Crippen molar-refractivity contribution in [3.8, 4) is 0 Å². The van der Waals surface area contributed by atoms with Crippen LogP contribution in [-0.4, -0.2) is 23.5 Å². The smallest absolute Gasteiger partial charge is 0.304 e. The Hall–Kier alpha value is -1.55. The minimum Gasteiger partial charge on any atom is -0.481 e. The van der Waals surface area contributed by atoms with Crippen molar-refractivity contribution in [2.45, 2.75) is 51.4 Å². The highest BCUT2D eigenvalue weighted by molar-refractivity contribution is 6.30. The van der Waals surface area contributed by atoms with Crippen molar-refractivity contribution in [2.24, 2.45) is 29.1 Å². The molecule has 2 N–H and O–H groups in total. The molecule has 1 atom stereocenters. The van der Waals surface area contributed by atoms with Crippen LogP contribution in [0, 0.1) is 29.1 Å². The third-order valence-corrected chi connectivity index (χ3v) is 7.24. The van der Waals surface area contributed by atoms with E-state index in [4.69, 9.17) is 11.6 Å². The molecular formula is C22H28ClNO3. The van der Waals surface area contributed by atoms with Crippen molar-refractivity contribution < 1.29 is 14.7 Å². The summed E-state index contributed by atoms with van der Waals surface area (Å²) in [5.74, 6) is 0.936. The van der Waals surface area contributed by atoms with Crippen LogP contribution < -0.4 is 5.32 Å². The maximum atomic E-state index is 12.8. The number of benzene rings is 1. The number of rotatable bonds is 7. The minimum atomic E-state index is -0.932. The zero-order valence-corrected chi connectivity index (χ0v) is 16.4. The second kappa shape index (κ2) is 7.46. The molecule has 1 aromatic carbocycles. The topological polar surface area (TPSA) is 66.4 Å². The Morgan fingerprint density at radius 2 is 1.63 bits per heavy atom. The van der Waals surface area contributed by atoms with Crippen molar-refractivity contribution >= 4 is 23.5 Å². The molecule has 5 rings (SSSR count). The van der Waals surface area contributed by atoms with Gasteiger partial charge in [-0.2, -0.15) is 0 Å². The molecule has 0 heterocycles. The lowest BCUT2D eigenvalue weighted by Gasteiger charge is -2.57. The lowest BCUT2D eigenvalue weighted by atomic mass is 9.49. The SMILES string of the molecule is O=C(O)C[C@@H](Cc1ccc(Cl)cc1)C(=O)NCC12CC3CC(CC(C3)C1)C2. The fraction of sp³-hybridized carbons (Fsp3) is 0.636. The zero-order chi connectivity index (χ0) is 19.0. The second-order valence-corrected chi connectivity index (χ2v) is 9.70. The summed E-state index contributed by atoms with van der Waals surface area (Å²) in [7, 11) is 0. The zero-order valence-electron chi connectivity index (χ0n) is 15.6. The lowest BCUT2D eigenvalue weighted by Crippen LogP contribution is -2.51. The molecule has 0 aromatic heterocycles. The molecule has 146 valence electrons. The van der Waals surface area contributed by atoms with Crippen molar-refractivity contribution in [3.63, 3.8) is 0 Å². The van der Waals surface area contributed by atoms with Gasteiger partial charge in [-0.15, -0.1) is 0 Å². The first kappa shape index (κ1) is 18.8. The highest BCUT2D eigenvalue weighted by Crippen LogP contribution is 2.59. The van der Waals surface area contributed by atoms with Crippen LogP contribution in [0.15, 0.2) is 24.3 Å². The van der Waals surface area contributed by atoms with Crippen LogP contribution in [0.1, 0.15) is 50.5 Å².